The quantitative estimate of drug-likeness (QED) is 0.766. The van der Waals surface area contributed by atoms with Gasteiger partial charge in [-0.3, -0.25) is 0 Å². The van der Waals surface area contributed by atoms with E-state index in [0.29, 0.717) is 5.92 Å². The van der Waals surface area contributed by atoms with Crippen molar-refractivity contribution in [1.29, 1.82) is 0 Å². The first-order valence-electron chi connectivity index (χ1n) is 6.52. The third kappa shape index (κ3) is 5.06. The second kappa shape index (κ2) is 7.92. The van der Waals surface area contributed by atoms with Crippen LogP contribution in [-0.4, -0.2) is 11.2 Å². The Hall–Kier alpha value is -1.26. The van der Waals surface area contributed by atoms with Gasteiger partial charge in [-0.1, -0.05) is 56.7 Å². The van der Waals surface area contributed by atoms with Gasteiger partial charge in [0.25, 0.3) is 0 Å². The van der Waals surface area contributed by atoms with Gasteiger partial charge in [0.15, 0.2) is 0 Å². The molecule has 0 saturated heterocycles. The number of unbranched alkanes of at least 4 members (excludes halogenated alkanes) is 1. The first kappa shape index (κ1) is 13.8. The summed E-state index contributed by atoms with van der Waals surface area (Å²) in [6.45, 7) is 4.29. The van der Waals surface area contributed by atoms with Crippen molar-refractivity contribution in [3.63, 3.8) is 0 Å². The lowest BCUT2D eigenvalue weighted by molar-refractivity contribution is 0.150. The summed E-state index contributed by atoms with van der Waals surface area (Å²) >= 11 is 0. The van der Waals surface area contributed by atoms with Crippen LogP contribution < -0.4 is 0 Å². The Labute approximate surface area is 105 Å². The molecule has 0 heterocycles. The van der Waals surface area contributed by atoms with Crippen LogP contribution in [-0.2, 0) is 0 Å². The maximum atomic E-state index is 10.0. The van der Waals surface area contributed by atoms with E-state index in [9.17, 15) is 5.11 Å². The van der Waals surface area contributed by atoms with Crippen LogP contribution in [0.4, 0.5) is 0 Å². The van der Waals surface area contributed by atoms with E-state index in [1.54, 1.807) is 0 Å². The molecule has 1 rings (SSSR count). The van der Waals surface area contributed by atoms with Gasteiger partial charge < -0.3 is 5.11 Å². The Morgan fingerprint density at radius 3 is 2.47 bits per heavy atom. The first-order chi connectivity index (χ1) is 8.27. The highest BCUT2D eigenvalue weighted by atomic mass is 16.3. The van der Waals surface area contributed by atoms with Gasteiger partial charge in [0.05, 0.1) is 0 Å². The Balaban J connectivity index is 2.58. The van der Waals surface area contributed by atoms with E-state index in [0.717, 1.165) is 18.4 Å². The van der Waals surface area contributed by atoms with E-state index in [1.165, 1.54) is 12.8 Å². The average Bonchev–Trinajstić information content (AvgIpc) is 2.38. The molecule has 2 atom stereocenters. The zero-order valence-corrected chi connectivity index (χ0v) is 10.8. The Morgan fingerprint density at radius 1 is 1.18 bits per heavy atom. The second-order valence-corrected chi connectivity index (χ2v) is 4.39. The molecule has 0 spiro atoms. The lowest BCUT2D eigenvalue weighted by Gasteiger charge is -2.16. The highest BCUT2D eigenvalue weighted by Crippen LogP contribution is 2.16. The van der Waals surface area contributed by atoms with Gasteiger partial charge in [0.1, 0.15) is 6.10 Å². The van der Waals surface area contributed by atoms with Crippen molar-refractivity contribution in [3.05, 3.63) is 35.9 Å². The molecule has 17 heavy (non-hydrogen) atoms. The van der Waals surface area contributed by atoms with Gasteiger partial charge in [-0.15, -0.1) is 0 Å². The molecule has 0 aromatic heterocycles. The summed E-state index contributed by atoms with van der Waals surface area (Å²) in [5, 5.41) is 10.0. The molecule has 0 unspecified atom stereocenters. The topological polar surface area (TPSA) is 20.2 Å². The fraction of sp³-hybridized carbons (Fsp3) is 0.500. The highest BCUT2D eigenvalue weighted by Gasteiger charge is 2.13. The fourth-order valence-corrected chi connectivity index (χ4v) is 1.85. The van der Waals surface area contributed by atoms with E-state index >= 15 is 0 Å². The lowest BCUT2D eigenvalue weighted by Crippen LogP contribution is -2.17. The minimum atomic E-state index is -0.494. The molecule has 0 fully saturated rings. The summed E-state index contributed by atoms with van der Waals surface area (Å²) in [5.74, 6) is 6.31. The SMILES string of the molecule is CCCC[C@H](CC)[C@H](O)C#Cc1ccccc1. The number of aliphatic hydroxyl groups excluding tert-OH is 1. The molecule has 0 amide bonds. The molecule has 1 nitrogen and oxygen atoms in total. The molecule has 1 heteroatoms. The Kier molecular flexibility index (Phi) is 6.43. The summed E-state index contributed by atoms with van der Waals surface area (Å²) in [7, 11) is 0. The standard InChI is InChI=1S/C16H22O/c1-3-5-11-15(4-2)16(17)13-12-14-9-7-6-8-10-14/h6-10,15-17H,3-5,11H2,1-2H3/t15-,16+/m0/s1. The van der Waals surface area contributed by atoms with Crippen molar-refractivity contribution in [2.75, 3.05) is 0 Å². The average molecular weight is 230 g/mol. The number of hydrogen-bond acceptors (Lipinski definition) is 1. The van der Waals surface area contributed by atoms with Gasteiger partial charge >= 0.3 is 0 Å². The molecule has 92 valence electrons. The minimum absolute atomic E-state index is 0.311. The minimum Gasteiger partial charge on any atom is -0.380 e. The maximum absolute atomic E-state index is 10.0. The van der Waals surface area contributed by atoms with Crippen LogP contribution in [0.1, 0.15) is 45.1 Å². The zero-order chi connectivity index (χ0) is 12.5. The van der Waals surface area contributed by atoms with Gasteiger partial charge in [-0.25, -0.2) is 0 Å². The number of rotatable bonds is 5. The fourth-order valence-electron chi connectivity index (χ4n) is 1.85. The normalized spacial score (nSPS) is 13.6. The number of aliphatic hydroxyl groups is 1. The number of hydrogen-bond donors (Lipinski definition) is 1. The second-order valence-electron chi connectivity index (χ2n) is 4.39. The molecular formula is C16H22O. The monoisotopic (exact) mass is 230 g/mol. The van der Waals surface area contributed by atoms with Crippen molar-refractivity contribution in [2.45, 2.75) is 45.6 Å². The molecule has 1 N–H and O–H groups in total. The molecular weight excluding hydrogens is 208 g/mol. The van der Waals surface area contributed by atoms with Gasteiger partial charge in [-0.05, 0) is 30.9 Å². The summed E-state index contributed by atoms with van der Waals surface area (Å²) in [6.07, 6.45) is 3.91. The molecule has 0 aliphatic carbocycles. The molecule has 0 radical (unpaired) electrons. The van der Waals surface area contributed by atoms with Gasteiger partial charge in [0, 0.05) is 5.56 Å². The largest absolute Gasteiger partial charge is 0.380 e. The van der Waals surface area contributed by atoms with Crippen LogP contribution in [0.2, 0.25) is 0 Å². The Morgan fingerprint density at radius 2 is 1.88 bits per heavy atom. The van der Waals surface area contributed by atoms with Crippen molar-refractivity contribution in [3.8, 4) is 11.8 Å². The van der Waals surface area contributed by atoms with E-state index in [4.69, 9.17) is 0 Å². The van der Waals surface area contributed by atoms with Crippen LogP contribution >= 0.6 is 0 Å². The third-order valence-corrected chi connectivity index (χ3v) is 3.04. The summed E-state index contributed by atoms with van der Waals surface area (Å²) < 4.78 is 0. The smallest absolute Gasteiger partial charge is 0.117 e. The van der Waals surface area contributed by atoms with E-state index in [1.807, 2.05) is 30.3 Å². The van der Waals surface area contributed by atoms with E-state index in [-0.39, 0.29) is 0 Å². The van der Waals surface area contributed by atoms with Gasteiger partial charge in [0.2, 0.25) is 0 Å². The molecule has 1 aromatic rings. The third-order valence-electron chi connectivity index (χ3n) is 3.04. The molecule has 0 aliphatic heterocycles. The first-order valence-corrected chi connectivity index (χ1v) is 6.52. The van der Waals surface area contributed by atoms with Gasteiger partial charge in [-0.2, -0.15) is 0 Å². The predicted molar refractivity (Wildman–Crippen MR) is 72.6 cm³/mol. The summed E-state index contributed by atoms with van der Waals surface area (Å²) in [5.41, 5.74) is 0.969. The molecule has 0 bridgehead atoms. The van der Waals surface area contributed by atoms with Crippen LogP contribution in [0.15, 0.2) is 30.3 Å². The van der Waals surface area contributed by atoms with Crippen molar-refractivity contribution in [1.82, 2.24) is 0 Å². The van der Waals surface area contributed by atoms with Crippen LogP contribution in [0.3, 0.4) is 0 Å². The van der Waals surface area contributed by atoms with E-state index in [2.05, 4.69) is 25.7 Å². The lowest BCUT2D eigenvalue weighted by atomic mass is 9.93. The summed E-state index contributed by atoms with van der Waals surface area (Å²) in [4.78, 5) is 0. The van der Waals surface area contributed by atoms with Crippen molar-refractivity contribution >= 4 is 0 Å². The van der Waals surface area contributed by atoms with Crippen LogP contribution in [0.25, 0.3) is 0 Å². The molecule has 1 aromatic carbocycles. The van der Waals surface area contributed by atoms with Crippen LogP contribution in [0.5, 0.6) is 0 Å². The predicted octanol–water partition coefficient (Wildman–Crippen LogP) is 3.62. The van der Waals surface area contributed by atoms with Crippen molar-refractivity contribution < 1.29 is 5.11 Å². The van der Waals surface area contributed by atoms with Crippen LogP contribution in [0, 0.1) is 17.8 Å². The zero-order valence-electron chi connectivity index (χ0n) is 10.8. The number of benzene rings is 1. The molecule has 0 aliphatic rings. The Bertz CT molecular complexity index is 358. The van der Waals surface area contributed by atoms with E-state index < -0.39 is 6.10 Å². The maximum Gasteiger partial charge on any atom is 0.117 e. The van der Waals surface area contributed by atoms with Crippen molar-refractivity contribution in [2.24, 2.45) is 5.92 Å². The highest BCUT2D eigenvalue weighted by molar-refractivity contribution is 5.34. The molecule has 0 saturated carbocycles. The summed E-state index contributed by atoms with van der Waals surface area (Å²) in [6, 6.07) is 9.83.